The van der Waals surface area contributed by atoms with E-state index in [1.54, 1.807) is 6.26 Å². The number of carbonyl (C=O) groups excluding carboxylic acids is 1. The molecule has 0 fully saturated rings. The summed E-state index contributed by atoms with van der Waals surface area (Å²) in [4.78, 5) is 12.3. The van der Waals surface area contributed by atoms with Crippen molar-refractivity contribution in [3.05, 3.63) is 72.2 Å². The van der Waals surface area contributed by atoms with Crippen molar-refractivity contribution < 1.29 is 9.21 Å². The summed E-state index contributed by atoms with van der Waals surface area (Å²) in [6.07, 6.45) is 3.35. The van der Waals surface area contributed by atoms with Crippen LogP contribution in [0.2, 0.25) is 0 Å². The van der Waals surface area contributed by atoms with Gasteiger partial charge >= 0.3 is 0 Å². The van der Waals surface area contributed by atoms with E-state index in [9.17, 15) is 4.79 Å². The number of rotatable bonds is 5. The third-order valence-electron chi connectivity index (χ3n) is 3.79. The smallest absolute Gasteiger partial charge is 0.251 e. The fourth-order valence-electron chi connectivity index (χ4n) is 2.52. The van der Waals surface area contributed by atoms with Gasteiger partial charge in [-0.2, -0.15) is 0 Å². The van der Waals surface area contributed by atoms with E-state index in [0.29, 0.717) is 5.56 Å². The third-order valence-corrected chi connectivity index (χ3v) is 3.79. The van der Waals surface area contributed by atoms with Crippen molar-refractivity contribution in [1.82, 2.24) is 5.32 Å². The minimum atomic E-state index is -0.0299. The van der Waals surface area contributed by atoms with Crippen LogP contribution in [0.5, 0.6) is 0 Å². The molecule has 1 N–H and O–H groups in total. The lowest BCUT2D eigenvalue weighted by atomic mass is 10.1. The summed E-state index contributed by atoms with van der Waals surface area (Å²) in [5.74, 6) is 0.921. The molecular weight excluding hydrogens is 274 g/mol. The lowest BCUT2D eigenvalue weighted by Gasteiger charge is -2.13. The highest BCUT2D eigenvalue weighted by molar-refractivity contribution is 5.98. The van der Waals surface area contributed by atoms with Crippen LogP contribution in [0.4, 0.5) is 0 Å². The fraction of sp³-hybridized carbons (Fsp3) is 0.211. The van der Waals surface area contributed by atoms with Gasteiger partial charge in [-0.25, -0.2) is 0 Å². The Morgan fingerprint density at radius 3 is 2.68 bits per heavy atom. The average Bonchev–Trinajstić information content (AvgIpc) is 3.06. The molecular formula is C19H19NO2. The zero-order chi connectivity index (χ0) is 15.4. The number of amides is 1. The number of hydrogen-bond donors (Lipinski definition) is 1. The second kappa shape index (κ2) is 6.48. The van der Waals surface area contributed by atoms with Gasteiger partial charge in [-0.05, 0) is 48.4 Å². The predicted molar refractivity (Wildman–Crippen MR) is 87.9 cm³/mol. The van der Waals surface area contributed by atoms with Crippen molar-refractivity contribution in [2.24, 2.45) is 0 Å². The number of hydrogen-bond acceptors (Lipinski definition) is 2. The van der Waals surface area contributed by atoms with Crippen LogP contribution in [0.15, 0.2) is 65.3 Å². The molecule has 3 nitrogen and oxygen atoms in total. The molecule has 22 heavy (non-hydrogen) atoms. The molecule has 2 aromatic carbocycles. The summed E-state index contributed by atoms with van der Waals surface area (Å²) in [5.41, 5.74) is 0.698. The Bertz CT molecular complexity index is 762. The van der Waals surface area contributed by atoms with Crippen LogP contribution in [0.25, 0.3) is 10.8 Å². The molecule has 3 aromatic rings. The fourth-order valence-corrected chi connectivity index (χ4v) is 2.52. The molecule has 3 heteroatoms. The summed E-state index contributed by atoms with van der Waals surface area (Å²) < 4.78 is 5.31. The minimum absolute atomic E-state index is 0.0299. The number of fused-ring (bicyclic) bond motifs is 1. The molecule has 0 saturated carbocycles. The van der Waals surface area contributed by atoms with Gasteiger partial charge in [-0.3, -0.25) is 4.79 Å². The normalized spacial score (nSPS) is 12.2. The number of furan rings is 1. The maximum atomic E-state index is 12.3. The number of nitrogens with one attached hydrogen (secondary N) is 1. The average molecular weight is 293 g/mol. The van der Waals surface area contributed by atoms with Crippen molar-refractivity contribution in [2.45, 2.75) is 25.8 Å². The Labute approximate surface area is 130 Å². The summed E-state index contributed by atoms with van der Waals surface area (Å²) in [5, 5.41) is 5.27. The molecule has 1 atom stereocenters. The van der Waals surface area contributed by atoms with Crippen LogP contribution in [-0.4, -0.2) is 11.9 Å². The summed E-state index contributed by atoms with van der Waals surface area (Å²) >= 11 is 0. The lowest BCUT2D eigenvalue weighted by molar-refractivity contribution is 0.0938. The Balaban J connectivity index is 1.62. The lowest BCUT2D eigenvalue weighted by Crippen LogP contribution is -2.32. The molecule has 1 amide bonds. The highest BCUT2D eigenvalue weighted by Gasteiger charge is 2.11. The van der Waals surface area contributed by atoms with Gasteiger partial charge in [-0.15, -0.1) is 0 Å². The van der Waals surface area contributed by atoms with E-state index in [4.69, 9.17) is 4.42 Å². The van der Waals surface area contributed by atoms with E-state index >= 15 is 0 Å². The van der Waals surface area contributed by atoms with E-state index in [1.807, 2.05) is 61.5 Å². The number of benzene rings is 2. The van der Waals surface area contributed by atoms with Gasteiger partial charge in [0.2, 0.25) is 0 Å². The molecule has 0 bridgehead atoms. The van der Waals surface area contributed by atoms with Crippen molar-refractivity contribution in [2.75, 3.05) is 0 Å². The Kier molecular flexibility index (Phi) is 4.24. The van der Waals surface area contributed by atoms with Crippen LogP contribution in [0, 0.1) is 0 Å². The third kappa shape index (κ3) is 3.37. The summed E-state index contributed by atoms with van der Waals surface area (Å²) in [7, 11) is 0. The molecule has 1 heterocycles. The minimum Gasteiger partial charge on any atom is -0.469 e. The quantitative estimate of drug-likeness (QED) is 0.766. The predicted octanol–water partition coefficient (Wildman–Crippen LogP) is 4.18. The first kappa shape index (κ1) is 14.4. The molecule has 0 aliphatic heterocycles. The second-order valence-electron chi connectivity index (χ2n) is 5.55. The molecule has 112 valence electrons. The molecule has 0 spiro atoms. The first-order chi connectivity index (χ1) is 10.7. The van der Waals surface area contributed by atoms with Crippen molar-refractivity contribution in [1.29, 1.82) is 0 Å². The maximum Gasteiger partial charge on any atom is 0.251 e. The van der Waals surface area contributed by atoms with E-state index in [-0.39, 0.29) is 11.9 Å². The Morgan fingerprint density at radius 1 is 1.09 bits per heavy atom. The van der Waals surface area contributed by atoms with Gasteiger partial charge in [0.15, 0.2) is 0 Å². The van der Waals surface area contributed by atoms with Crippen molar-refractivity contribution >= 4 is 16.7 Å². The van der Waals surface area contributed by atoms with Gasteiger partial charge in [0.05, 0.1) is 6.26 Å². The van der Waals surface area contributed by atoms with Gasteiger partial charge in [0.25, 0.3) is 5.91 Å². The first-order valence-electron chi connectivity index (χ1n) is 7.54. The zero-order valence-corrected chi connectivity index (χ0v) is 12.6. The number of aryl methyl sites for hydroxylation is 1. The highest BCUT2D eigenvalue weighted by Crippen LogP contribution is 2.16. The van der Waals surface area contributed by atoms with Gasteiger partial charge in [0.1, 0.15) is 5.76 Å². The van der Waals surface area contributed by atoms with Crippen LogP contribution in [0.3, 0.4) is 0 Å². The maximum absolute atomic E-state index is 12.3. The topological polar surface area (TPSA) is 42.2 Å². The van der Waals surface area contributed by atoms with Crippen molar-refractivity contribution in [3.8, 4) is 0 Å². The number of carbonyl (C=O) groups is 1. The monoisotopic (exact) mass is 293 g/mol. The largest absolute Gasteiger partial charge is 0.469 e. The molecule has 0 saturated heterocycles. The molecule has 3 rings (SSSR count). The van der Waals surface area contributed by atoms with Crippen LogP contribution >= 0.6 is 0 Å². The van der Waals surface area contributed by atoms with Gasteiger partial charge in [0, 0.05) is 18.0 Å². The summed E-state index contributed by atoms with van der Waals surface area (Å²) in [6.45, 7) is 2.02. The van der Waals surface area contributed by atoms with Crippen LogP contribution in [0.1, 0.15) is 29.5 Å². The standard InChI is InChI=1S/C19H19NO2/c1-14(8-11-18-7-4-12-22-18)20-19(21)17-10-9-15-5-2-3-6-16(15)13-17/h2-7,9-10,12-14H,8,11H2,1H3,(H,20,21)/t14-/m1/s1. The Hall–Kier alpha value is -2.55. The molecule has 0 unspecified atom stereocenters. The van der Waals surface area contributed by atoms with Crippen LogP contribution < -0.4 is 5.32 Å². The molecule has 0 aliphatic rings. The highest BCUT2D eigenvalue weighted by atomic mass is 16.3. The summed E-state index contributed by atoms with van der Waals surface area (Å²) in [6, 6.07) is 17.8. The van der Waals surface area contributed by atoms with Gasteiger partial charge < -0.3 is 9.73 Å². The zero-order valence-electron chi connectivity index (χ0n) is 12.6. The van der Waals surface area contributed by atoms with E-state index in [2.05, 4.69) is 5.32 Å². The van der Waals surface area contributed by atoms with E-state index < -0.39 is 0 Å². The molecule has 0 radical (unpaired) electrons. The Morgan fingerprint density at radius 2 is 1.91 bits per heavy atom. The van der Waals surface area contributed by atoms with Crippen molar-refractivity contribution in [3.63, 3.8) is 0 Å². The first-order valence-corrected chi connectivity index (χ1v) is 7.54. The molecule has 0 aliphatic carbocycles. The van der Waals surface area contributed by atoms with Gasteiger partial charge in [-0.1, -0.05) is 30.3 Å². The van der Waals surface area contributed by atoms with E-state index in [0.717, 1.165) is 29.4 Å². The SMILES string of the molecule is C[C@H](CCc1ccco1)NC(=O)c1ccc2ccccc2c1. The van der Waals surface area contributed by atoms with E-state index in [1.165, 1.54) is 0 Å². The molecule has 1 aromatic heterocycles. The van der Waals surface area contributed by atoms with Crippen LogP contribution in [-0.2, 0) is 6.42 Å². The second-order valence-corrected chi connectivity index (χ2v) is 5.55.